The van der Waals surface area contributed by atoms with Crippen molar-refractivity contribution < 1.29 is 42.2 Å². The highest BCUT2D eigenvalue weighted by molar-refractivity contribution is 7.90. The first-order chi connectivity index (χ1) is 41.4. The predicted molar refractivity (Wildman–Crippen MR) is 330 cm³/mol. The minimum atomic E-state index is -4.65. The molecule has 4 saturated heterocycles. The maximum atomic E-state index is 14.9. The number of sulfonamides is 1. The number of aliphatic hydroxyl groups is 1. The molecule has 7 aliphatic rings. The van der Waals surface area contributed by atoms with Crippen molar-refractivity contribution >= 4 is 61.2 Å². The Morgan fingerprint density at radius 2 is 1.67 bits per heavy atom. The molecule has 1 spiro atoms. The third-order valence-corrected chi connectivity index (χ3v) is 21.5. The number of H-pyrrole nitrogens is 1. The minimum Gasteiger partial charge on any atom is -0.493 e. The summed E-state index contributed by atoms with van der Waals surface area (Å²) in [6.45, 7) is 13.3. The Labute approximate surface area is 503 Å². The number of morpholine rings is 1. The highest BCUT2D eigenvalue weighted by atomic mass is 32.2. The number of aromatic nitrogens is 3. The fourth-order valence-corrected chi connectivity index (χ4v) is 16.2. The van der Waals surface area contributed by atoms with E-state index in [0.29, 0.717) is 81.2 Å². The Balaban J connectivity index is 0.741. The molecule has 4 N–H and O–H groups in total. The summed E-state index contributed by atoms with van der Waals surface area (Å²) in [5, 5.41) is 26.9. The first-order valence-electron chi connectivity index (χ1n) is 30.8. The zero-order valence-corrected chi connectivity index (χ0v) is 50.6. The maximum Gasteiger partial charge on any atom is 0.293 e. The lowest BCUT2D eigenvalue weighted by atomic mass is 9.59. The molecular weight excluding hydrogens is 1110 g/mol. The van der Waals surface area contributed by atoms with Gasteiger partial charge in [0, 0.05) is 80.9 Å². The molecule has 1 amide bonds. The Bertz CT molecular complexity index is 3620. The standard InChI is InChI=1S/C65H80N10O10S/c1-42-7-5-6-8-49(42)56-38-63(2,35-44-31-57(82-4)60(68-40-44)72-26-29-83-30-27-72)19-25-73(56)47-36-65(37-47)20-23-71(24-21-65)46-9-11-50(53(33-46)74-52-16-28-84-41-58(52)85-62-55(74)32-45-15-22-66-59(45)69-62)61(76)70-86(80,81)48-10-12-51(54(34-48)75(78)79)67-39-43-13-17-64(3,77)18-14-43/h5-12,15,22,31-34,40,43,47,52,56,58,67,77H,13-14,16-21,23-30,35-39,41H2,1-4H3,(H,66,69)(H,70,76)/t43?,52-,56-,58-,63-,64?/m0/s1. The fourth-order valence-electron chi connectivity index (χ4n) is 15.2. The van der Waals surface area contributed by atoms with Gasteiger partial charge in [0.15, 0.2) is 11.6 Å². The van der Waals surface area contributed by atoms with Crippen molar-refractivity contribution in [2.75, 3.05) is 92.8 Å². The van der Waals surface area contributed by atoms with E-state index in [4.69, 9.17) is 28.9 Å². The molecule has 2 aliphatic carbocycles. The third kappa shape index (κ3) is 11.6. The quantitative estimate of drug-likeness (QED) is 0.0553. The zero-order valence-electron chi connectivity index (χ0n) is 49.8. The lowest BCUT2D eigenvalue weighted by Gasteiger charge is -2.59. The van der Waals surface area contributed by atoms with Crippen LogP contribution in [-0.4, -0.2) is 141 Å². The molecule has 2 saturated carbocycles. The van der Waals surface area contributed by atoms with Crippen molar-refractivity contribution in [2.24, 2.45) is 16.7 Å². The highest BCUT2D eigenvalue weighted by Crippen LogP contribution is 2.56. The number of rotatable bonds is 15. The summed E-state index contributed by atoms with van der Waals surface area (Å²) in [5.41, 5.74) is 6.02. The third-order valence-electron chi connectivity index (χ3n) is 20.2. The number of nitro groups is 1. The summed E-state index contributed by atoms with van der Waals surface area (Å²) >= 11 is 0. The van der Waals surface area contributed by atoms with Crippen molar-refractivity contribution in [3.8, 4) is 11.6 Å². The van der Waals surface area contributed by atoms with Crippen LogP contribution in [0.25, 0.3) is 11.0 Å². The second-order valence-electron chi connectivity index (χ2n) is 26.1. The molecule has 456 valence electrons. The van der Waals surface area contributed by atoms with Crippen LogP contribution in [0.1, 0.15) is 118 Å². The summed E-state index contributed by atoms with van der Waals surface area (Å²) < 4.78 is 55.0. The molecule has 3 aromatic carbocycles. The van der Waals surface area contributed by atoms with Crippen LogP contribution in [0.15, 0.2) is 96.2 Å². The molecule has 0 bridgehead atoms. The van der Waals surface area contributed by atoms with E-state index < -0.39 is 43.1 Å². The number of anilines is 5. The number of methoxy groups -OCH3 is 1. The van der Waals surface area contributed by atoms with Crippen LogP contribution < -0.4 is 34.2 Å². The highest BCUT2D eigenvalue weighted by Gasteiger charge is 2.52. The van der Waals surface area contributed by atoms with Gasteiger partial charge in [-0.15, -0.1) is 0 Å². The largest absolute Gasteiger partial charge is 0.493 e. The molecule has 20 nitrogen and oxygen atoms in total. The number of fused-ring (bicyclic) bond motifs is 3. The van der Waals surface area contributed by atoms with Gasteiger partial charge in [0.2, 0.25) is 5.88 Å². The van der Waals surface area contributed by atoms with Crippen LogP contribution in [0.3, 0.4) is 0 Å². The number of nitro benzene ring substituents is 1. The van der Waals surface area contributed by atoms with E-state index in [1.165, 1.54) is 28.8 Å². The zero-order chi connectivity index (χ0) is 59.5. The van der Waals surface area contributed by atoms with Crippen LogP contribution in [0, 0.1) is 33.8 Å². The number of aryl methyl sites for hydroxylation is 1. The van der Waals surface area contributed by atoms with Crippen LogP contribution in [0.4, 0.5) is 34.3 Å². The van der Waals surface area contributed by atoms with Gasteiger partial charge in [-0.2, -0.15) is 4.98 Å². The number of benzene rings is 3. The number of amides is 1. The van der Waals surface area contributed by atoms with E-state index in [0.717, 1.165) is 119 Å². The van der Waals surface area contributed by atoms with E-state index >= 15 is 0 Å². The smallest absolute Gasteiger partial charge is 0.293 e. The second kappa shape index (κ2) is 23.2. The number of likely N-dealkylation sites (tertiary alicyclic amines) is 1. The monoisotopic (exact) mass is 1190 g/mol. The lowest BCUT2D eigenvalue weighted by molar-refractivity contribution is -0.384. The summed E-state index contributed by atoms with van der Waals surface area (Å²) in [6.07, 6.45) is 14.1. The van der Waals surface area contributed by atoms with Crippen molar-refractivity contribution in [3.05, 3.63) is 124 Å². The molecule has 86 heavy (non-hydrogen) atoms. The Kier molecular flexibility index (Phi) is 15.7. The molecular formula is C65H80N10O10S. The van der Waals surface area contributed by atoms with Gasteiger partial charge in [-0.1, -0.05) is 31.2 Å². The Morgan fingerprint density at radius 3 is 2.44 bits per heavy atom. The van der Waals surface area contributed by atoms with Gasteiger partial charge in [0.25, 0.3) is 21.6 Å². The Morgan fingerprint density at radius 1 is 0.884 bits per heavy atom. The Hall–Kier alpha value is -7.04. The van der Waals surface area contributed by atoms with E-state index in [1.54, 1.807) is 13.2 Å². The SMILES string of the molecule is COc1cc(C[C@]2(C)CCN(C3CC4(CCN(c5ccc(C(=O)NS(=O)(=O)c6ccc(NCC7CCC(C)(O)CC7)c([N+](=O)[O-])c6)c(N6c7cc8cc[nH]c8nc7O[C@H]7COCC[C@@H]76)c5)CC4)C3)[C@H](c3ccccc3C)C2)cnc1N1CCOCC1. The van der Waals surface area contributed by atoms with Crippen molar-refractivity contribution in [2.45, 2.75) is 133 Å². The van der Waals surface area contributed by atoms with E-state index in [-0.39, 0.29) is 40.1 Å². The minimum absolute atomic E-state index is 0.0560. The summed E-state index contributed by atoms with van der Waals surface area (Å²) in [5.74, 6) is 1.38. The van der Waals surface area contributed by atoms with Crippen molar-refractivity contribution in [1.29, 1.82) is 0 Å². The van der Waals surface area contributed by atoms with Gasteiger partial charge in [-0.3, -0.25) is 19.8 Å². The summed E-state index contributed by atoms with van der Waals surface area (Å²) in [4.78, 5) is 48.9. The number of nitrogens with one attached hydrogen (secondary N) is 3. The van der Waals surface area contributed by atoms with Crippen LogP contribution in [-0.2, 0) is 25.9 Å². The number of pyridine rings is 2. The number of hydrogen-bond donors (Lipinski definition) is 4. The van der Waals surface area contributed by atoms with Gasteiger partial charge in [-0.25, -0.2) is 18.1 Å². The normalized spacial score (nSPS) is 26.1. The van der Waals surface area contributed by atoms with Crippen molar-refractivity contribution in [1.82, 2.24) is 24.6 Å². The molecule has 13 rings (SSSR count). The lowest BCUT2D eigenvalue weighted by Crippen LogP contribution is -2.58. The molecule has 21 heteroatoms. The number of hydrogen-bond acceptors (Lipinski definition) is 17. The average molecular weight is 1190 g/mol. The first-order valence-corrected chi connectivity index (χ1v) is 32.3. The van der Waals surface area contributed by atoms with E-state index in [2.05, 4.69) is 85.0 Å². The average Bonchev–Trinajstić information content (AvgIpc) is 1.03. The maximum absolute atomic E-state index is 14.9. The molecule has 0 radical (unpaired) electrons. The molecule has 4 atom stereocenters. The number of aromatic amines is 1. The van der Waals surface area contributed by atoms with Gasteiger partial charge in [-0.05, 0) is 179 Å². The fraction of sp³-hybridized carbons (Fsp3) is 0.523. The van der Waals surface area contributed by atoms with Gasteiger partial charge in [0.1, 0.15) is 23.1 Å². The molecule has 0 unspecified atom stereocenters. The predicted octanol–water partition coefficient (Wildman–Crippen LogP) is 10.0. The van der Waals surface area contributed by atoms with Crippen molar-refractivity contribution in [3.63, 3.8) is 0 Å². The second-order valence-corrected chi connectivity index (χ2v) is 27.8. The number of nitrogens with zero attached hydrogens (tertiary/aromatic N) is 7. The van der Waals surface area contributed by atoms with Crippen LogP contribution in [0.5, 0.6) is 11.6 Å². The van der Waals surface area contributed by atoms with Crippen LogP contribution in [0.2, 0.25) is 0 Å². The first kappa shape index (κ1) is 58.0. The molecule has 6 fully saturated rings. The summed E-state index contributed by atoms with van der Waals surface area (Å²) in [7, 11) is -2.91. The van der Waals surface area contributed by atoms with Gasteiger partial charge >= 0.3 is 0 Å². The number of ether oxygens (including phenoxy) is 4. The topological polar surface area (TPSA) is 230 Å². The molecule has 8 heterocycles. The number of carbonyl (C=O) groups is 1. The molecule has 6 aromatic rings. The number of piperidine rings is 2. The van der Waals surface area contributed by atoms with E-state index in [1.807, 2.05) is 37.4 Å². The van der Waals surface area contributed by atoms with E-state index in [9.17, 15) is 28.4 Å². The molecule has 3 aromatic heterocycles. The molecule has 5 aliphatic heterocycles. The summed E-state index contributed by atoms with van der Waals surface area (Å²) in [6, 6.07) is 24.8. The number of carbonyl (C=O) groups excluding carboxylic acids is 1. The van der Waals surface area contributed by atoms with Crippen LogP contribution >= 0.6 is 0 Å². The van der Waals surface area contributed by atoms with Gasteiger partial charge in [0.05, 0.1) is 59.6 Å². The van der Waals surface area contributed by atoms with Gasteiger partial charge < -0.3 is 49.1 Å².